The number of hydrogen-bond donors (Lipinski definition) is 1. The van der Waals surface area contributed by atoms with Crippen LogP contribution in [-0.4, -0.2) is 29.2 Å². The highest BCUT2D eigenvalue weighted by atomic mass is 19.4. The lowest BCUT2D eigenvalue weighted by Crippen LogP contribution is -2.33. The Morgan fingerprint density at radius 2 is 1.60 bits per heavy atom. The molecule has 0 bridgehead atoms. The van der Waals surface area contributed by atoms with Crippen molar-refractivity contribution in [2.75, 3.05) is 11.9 Å². The summed E-state index contributed by atoms with van der Waals surface area (Å²) < 4.78 is 44.5. The number of carbonyl (C=O) groups excluding carboxylic acids is 3. The SMILES string of the molecule is C=C1c2ccccc2C(=O)N1CC(=O)OC(C(=O)Nc1cccc(C(F)(F)F)c1)c1ccccc1. The van der Waals surface area contributed by atoms with Crippen LogP contribution in [0.2, 0.25) is 0 Å². The molecule has 0 saturated carbocycles. The summed E-state index contributed by atoms with van der Waals surface area (Å²) in [6.07, 6.45) is -6.06. The Hall–Kier alpha value is -4.40. The van der Waals surface area contributed by atoms with Crippen LogP contribution in [-0.2, 0) is 20.5 Å². The minimum atomic E-state index is -4.59. The molecule has 1 aliphatic heterocycles. The molecule has 0 aromatic heterocycles. The average Bonchev–Trinajstić information content (AvgIpc) is 3.07. The number of anilines is 1. The van der Waals surface area contributed by atoms with Crippen LogP contribution < -0.4 is 5.32 Å². The number of hydrogen-bond acceptors (Lipinski definition) is 4. The number of ether oxygens (including phenoxy) is 1. The lowest BCUT2D eigenvalue weighted by atomic mass is 10.1. The predicted molar refractivity (Wildman–Crippen MR) is 122 cm³/mol. The summed E-state index contributed by atoms with van der Waals surface area (Å²) >= 11 is 0. The highest BCUT2D eigenvalue weighted by Crippen LogP contribution is 2.32. The normalized spacial score (nSPS) is 13.9. The van der Waals surface area contributed by atoms with Gasteiger partial charge in [-0.25, -0.2) is 0 Å². The van der Waals surface area contributed by atoms with E-state index in [0.29, 0.717) is 22.4 Å². The average molecular weight is 480 g/mol. The van der Waals surface area contributed by atoms with E-state index < -0.39 is 42.2 Å². The highest BCUT2D eigenvalue weighted by molar-refractivity contribution is 6.10. The molecule has 0 saturated heterocycles. The van der Waals surface area contributed by atoms with Gasteiger partial charge in [0.2, 0.25) is 6.10 Å². The standard InChI is InChI=1S/C26H19F3N2O4/c1-16-20-12-5-6-13-21(20)25(34)31(16)15-22(32)35-23(17-8-3-2-4-9-17)24(33)30-19-11-7-10-18(14-19)26(27,28)29/h2-14,23H,1,15H2,(H,30,33). The van der Waals surface area contributed by atoms with Crippen molar-refractivity contribution < 1.29 is 32.3 Å². The molecule has 0 aliphatic carbocycles. The van der Waals surface area contributed by atoms with E-state index in [1.807, 2.05) is 0 Å². The van der Waals surface area contributed by atoms with Crippen molar-refractivity contribution in [1.82, 2.24) is 4.90 Å². The van der Waals surface area contributed by atoms with Crippen LogP contribution in [0.25, 0.3) is 5.70 Å². The smallest absolute Gasteiger partial charge is 0.416 e. The Bertz CT molecular complexity index is 1270. The summed E-state index contributed by atoms with van der Waals surface area (Å²) in [5.74, 6) is -2.16. The number of rotatable bonds is 6. The van der Waals surface area contributed by atoms with Gasteiger partial charge in [-0.15, -0.1) is 0 Å². The minimum absolute atomic E-state index is 0.111. The fraction of sp³-hybridized carbons (Fsp3) is 0.115. The molecule has 1 N–H and O–H groups in total. The van der Waals surface area contributed by atoms with Gasteiger partial charge < -0.3 is 10.1 Å². The van der Waals surface area contributed by atoms with E-state index in [4.69, 9.17) is 4.74 Å². The molecule has 1 heterocycles. The first-order valence-electron chi connectivity index (χ1n) is 10.5. The Balaban J connectivity index is 1.52. The summed E-state index contributed by atoms with van der Waals surface area (Å²) in [6.45, 7) is 3.37. The zero-order chi connectivity index (χ0) is 25.2. The van der Waals surface area contributed by atoms with Crippen LogP contribution in [0, 0.1) is 0 Å². The van der Waals surface area contributed by atoms with Gasteiger partial charge in [-0.1, -0.05) is 61.2 Å². The van der Waals surface area contributed by atoms with Gasteiger partial charge in [-0.3, -0.25) is 19.3 Å². The fourth-order valence-corrected chi connectivity index (χ4v) is 3.68. The minimum Gasteiger partial charge on any atom is -0.446 e. The van der Waals surface area contributed by atoms with Crippen molar-refractivity contribution >= 4 is 29.2 Å². The summed E-state index contributed by atoms with van der Waals surface area (Å²) in [7, 11) is 0. The van der Waals surface area contributed by atoms with Crippen molar-refractivity contribution in [3.8, 4) is 0 Å². The van der Waals surface area contributed by atoms with Gasteiger partial charge in [0.15, 0.2) is 0 Å². The van der Waals surface area contributed by atoms with E-state index in [1.165, 1.54) is 6.07 Å². The van der Waals surface area contributed by atoms with Gasteiger partial charge in [0, 0.05) is 28.1 Å². The molecule has 178 valence electrons. The fourth-order valence-electron chi connectivity index (χ4n) is 3.68. The molecule has 0 radical (unpaired) electrons. The molecule has 1 aliphatic rings. The van der Waals surface area contributed by atoms with E-state index >= 15 is 0 Å². The monoisotopic (exact) mass is 480 g/mol. The lowest BCUT2D eigenvalue weighted by molar-refractivity contribution is -0.154. The van der Waals surface area contributed by atoms with Gasteiger partial charge in [0.1, 0.15) is 6.54 Å². The summed E-state index contributed by atoms with van der Waals surface area (Å²) in [4.78, 5) is 39.6. The van der Waals surface area contributed by atoms with E-state index in [9.17, 15) is 27.6 Å². The molecular weight excluding hydrogens is 461 g/mol. The molecule has 2 amide bonds. The van der Waals surface area contributed by atoms with E-state index in [-0.39, 0.29) is 5.69 Å². The molecule has 3 aromatic carbocycles. The third kappa shape index (κ3) is 5.08. The van der Waals surface area contributed by atoms with E-state index in [1.54, 1.807) is 54.6 Å². The predicted octanol–water partition coefficient (Wildman–Crippen LogP) is 5.06. The third-order valence-corrected chi connectivity index (χ3v) is 5.37. The zero-order valence-electron chi connectivity index (χ0n) is 18.2. The van der Waals surface area contributed by atoms with Crippen molar-refractivity contribution in [2.24, 2.45) is 0 Å². The van der Waals surface area contributed by atoms with Crippen molar-refractivity contribution in [3.05, 3.63) is 108 Å². The van der Waals surface area contributed by atoms with E-state index in [0.717, 1.165) is 23.1 Å². The number of amides is 2. The second-order valence-corrected chi connectivity index (χ2v) is 7.73. The Kier molecular flexibility index (Phi) is 6.42. The first kappa shape index (κ1) is 23.7. The second-order valence-electron chi connectivity index (χ2n) is 7.73. The summed E-state index contributed by atoms with van der Waals surface area (Å²) in [5.41, 5.74) is 0.571. The van der Waals surface area contributed by atoms with Crippen LogP contribution in [0.5, 0.6) is 0 Å². The molecule has 6 nitrogen and oxygen atoms in total. The van der Waals surface area contributed by atoms with Crippen LogP contribution in [0.3, 0.4) is 0 Å². The molecule has 9 heteroatoms. The largest absolute Gasteiger partial charge is 0.446 e. The van der Waals surface area contributed by atoms with Crippen LogP contribution in [0.1, 0.15) is 33.2 Å². The Morgan fingerprint density at radius 1 is 0.943 bits per heavy atom. The molecule has 4 rings (SSSR count). The molecule has 1 unspecified atom stereocenters. The molecule has 0 spiro atoms. The van der Waals surface area contributed by atoms with Crippen molar-refractivity contribution in [3.63, 3.8) is 0 Å². The Morgan fingerprint density at radius 3 is 2.26 bits per heavy atom. The van der Waals surface area contributed by atoms with Gasteiger partial charge in [0.25, 0.3) is 11.8 Å². The van der Waals surface area contributed by atoms with Crippen molar-refractivity contribution in [2.45, 2.75) is 12.3 Å². The van der Waals surface area contributed by atoms with Crippen LogP contribution in [0.4, 0.5) is 18.9 Å². The number of carbonyl (C=O) groups is 3. The lowest BCUT2D eigenvalue weighted by Gasteiger charge is -2.21. The maximum Gasteiger partial charge on any atom is 0.416 e. The Labute approximate surface area is 198 Å². The number of esters is 1. The number of halogens is 3. The van der Waals surface area contributed by atoms with Gasteiger partial charge in [-0.2, -0.15) is 13.2 Å². The number of alkyl halides is 3. The maximum absolute atomic E-state index is 13.0. The van der Waals surface area contributed by atoms with Gasteiger partial charge in [0.05, 0.1) is 5.56 Å². The number of nitrogens with one attached hydrogen (secondary N) is 1. The highest BCUT2D eigenvalue weighted by Gasteiger charge is 2.34. The maximum atomic E-state index is 13.0. The van der Waals surface area contributed by atoms with E-state index in [2.05, 4.69) is 11.9 Å². The molecule has 0 fully saturated rings. The van der Waals surface area contributed by atoms with Crippen molar-refractivity contribution in [1.29, 1.82) is 0 Å². The van der Waals surface area contributed by atoms with Gasteiger partial charge in [-0.05, 0) is 24.3 Å². The van der Waals surface area contributed by atoms with Crippen LogP contribution >= 0.6 is 0 Å². The first-order valence-corrected chi connectivity index (χ1v) is 10.5. The number of fused-ring (bicyclic) bond motifs is 1. The number of benzene rings is 3. The zero-order valence-corrected chi connectivity index (χ0v) is 18.2. The second kappa shape index (κ2) is 9.46. The van der Waals surface area contributed by atoms with Crippen LogP contribution in [0.15, 0.2) is 85.4 Å². The first-order chi connectivity index (χ1) is 16.6. The summed E-state index contributed by atoms with van der Waals surface area (Å²) in [5, 5.41) is 2.37. The van der Waals surface area contributed by atoms with Gasteiger partial charge >= 0.3 is 12.1 Å². The number of nitrogens with zero attached hydrogens (tertiary/aromatic N) is 1. The topological polar surface area (TPSA) is 75.7 Å². The quantitative estimate of drug-likeness (QED) is 0.501. The summed E-state index contributed by atoms with van der Waals surface area (Å²) in [6, 6.07) is 18.9. The molecule has 35 heavy (non-hydrogen) atoms. The third-order valence-electron chi connectivity index (χ3n) is 5.37. The molecule has 3 aromatic rings. The molecule has 1 atom stereocenters. The molecular formula is C26H19F3N2O4.